The summed E-state index contributed by atoms with van der Waals surface area (Å²) in [7, 11) is 1.67. The molecule has 1 aliphatic rings. The zero-order chi connectivity index (χ0) is 16.1. The van der Waals surface area contributed by atoms with Crippen LogP contribution in [0.4, 0.5) is 0 Å². The van der Waals surface area contributed by atoms with E-state index in [1.54, 1.807) is 26.1 Å². The number of halogens is 1. The Balaban J connectivity index is 0.00000264. The Morgan fingerprint density at radius 2 is 2.04 bits per heavy atom. The molecule has 1 aromatic heterocycles. The Labute approximate surface area is 154 Å². The maximum Gasteiger partial charge on any atom is 0.191 e. The average molecular weight is 437 g/mol. The Morgan fingerprint density at radius 3 is 2.61 bits per heavy atom. The van der Waals surface area contributed by atoms with Crippen molar-refractivity contribution < 1.29 is 14.6 Å². The van der Waals surface area contributed by atoms with E-state index in [1.807, 2.05) is 0 Å². The number of furan rings is 1. The van der Waals surface area contributed by atoms with Crippen molar-refractivity contribution in [1.82, 2.24) is 10.6 Å². The second-order valence-electron chi connectivity index (χ2n) is 6.32. The fourth-order valence-corrected chi connectivity index (χ4v) is 2.78. The van der Waals surface area contributed by atoms with E-state index in [0.29, 0.717) is 18.3 Å². The lowest BCUT2D eigenvalue weighted by Gasteiger charge is -2.33. The highest BCUT2D eigenvalue weighted by Gasteiger charge is 2.30. The number of nitrogens with zero attached hydrogens (tertiary/aromatic N) is 1. The van der Waals surface area contributed by atoms with Crippen LogP contribution in [0.15, 0.2) is 27.8 Å². The van der Waals surface area contributed by atoms with Crippen LogP contribution in [-0.4, -0.2) is 41.9 Å². The Morgan fingerprint density at radius 1 is 1.35 bits per heavy atom. The molecule has 1 saturated carbocycles. The highest BCUT2D eigenvalue weighted by molar-refractivity contribution is 14.0. The van der Waals surface area contributed by atoms with E-state index in [-0.39, 0.29) is 30.5 Å². The molecule has 6 nitrogen and oxygen atoms in total. The normalized spacial score (nSPS) is 20.3. The molecule has 0 spiro atoms. The minimum Gasteiger partial charge on any atom is -0.466 e. The predicted octanol–water partition coefficient (Wildman–Crippen LogP) is 1.97. The first kappa shape index (κ1) is 20.2. The SMILES string of the molecule is CN=C(NCC1(O)CCCCC1)NCC(C)(O)c1ccco1.I. The molecule has 0 radical (unpaired) electrons. The molecule has 0 aliphatic heterocycles. The molecule has 2 rings (SSSR count). The fraction of sp³-hybridized carbons (Fsp3) is 0.688. The summed E-state index contributed by atoms with van der Waals surface area (Å²) in [5.41, 5.74) is -1.78. The van der Waals surface area contributed by atoms with Gasteiger partial charge in [-0.15, -0.1) is 24.0 Å². The second-order valence-corrected chi connectivity index (χ2v) is 6.32. The molecule has 1 fully saturated rings. The lowest BCUT2D eigenvalue weighted by atomic mass is 9.85. The number of rotatable bonds is 5. The topological polar surface area (TPSA) is 90.0 Å². The van der Waals surface area contributed by atoms with Crippen molar-refractivity contribution in [2.45, 2.75) is 50.2 Å². The molecule has 23 heavy (non-hydrogen) atoms. The summed E-state index contributed by atoms with van der Waals surface area (Å²) in [5, 5.41) is 27.1. The first-order valence-corrected chi connectivity index (χ1v) is 7.88. The van der Waals surface area contributed by atoms with Gasteiger partial charge in [0.15, 0.2) is 5.96 Å². The van der Waals surface area contributed by atoms with Gasteiger partial charge in [0.2, 0.25) is 0 Å². The van der Waals surface area contributed by atoms with Crippen LogP contribution in [0.2, 0.25) is 0 Å². The Kier molecular flexibility index (Phi) is 7.82. The summed E-state index contributed by atoms with van der Waals surface area (Å²) in [6, 6.07) is 3.48. The summed E-state index contributed by atoms with van der Waals surface area (Å²) in [6.45, 7) is 2.41. The van der Waals surface area contributed by atoms with Crippen molar-refractivity contribution in [1.29, 1.82) is 0 Å². The van der Waals surface area contributed by atoms with Gasteiger partial charge in [0.1, 0.15) is 11.4 Å². The zero-order valence-corrected chi connectivity index (χ0v) is 16.2. The molecule has 1 unspecified atom stereocenters. The van der Waals surface area contributed by atoms with Crippen LogP contribution >= 0.6 is 24.0 Å². The second kappa shape index (κ2) is 8.89. The molecule has 1 aliphatic carbocycles. The van der Waals surface area contributed by atoms with Crippen LogP contribution in [0.3, 0.4) is 0 Å². The van der Waals surface area contributed by atoms with Crippen molar-refractivity contribution in [3.05, 3.63) is 24.2 Å². The Bertz CT molecular complexity index is 483. The largest absolute Gasteiger partial charge is 0.466 e. The van der Waals surface area contributed by atoms with Crippen molar-refractivity contribution >= 4 is 29.9 Å². The molecule has 4 N–H and O–H groups in total. The van der Waals surface area contributed by atoms with Crippen molar-refractivity contribution in [2.24, 2.45) is 4.99 Å². The minimum absolute atomic E-state index is 0. The van der Waals surface area contributed by atoms with Gasteiger partial charge in [0.25, 0.3) is 0 Å². The molecule has 0 bridgehead atoms. The van der Waals surface area contributed by atoms with Crippen molar-refractivity contribution in [3.63, 3.8) is 0 Å². The first-order chi connectivity index (χ1) is 10.5. The van der Waals surface area contributed by atoms with Gasteiger partial charge in [0, 0.05) is 13.6 Å². The quantitative estimate of drug-likeness (QED) is 0.321. The maximum absolute atomic E-state index is 10.5. The Hall–Kier alpha value is -0.800. The van der Waals surface area contributed by atoms with Crippen molar-refractivity contribution in [2.75, 3.05) is 20.1 Å². The smallest absolute Gasteiger partial charge is 0.191 e. The van der Waals surface area contributed by atoms with Crippen LogP contribution in [0.5, 0.6) is 0 Å². The number of hydrogen-bond donors (Lipinski definition) is 4. The van der Waals surface area contributed by atoms with E-state index < -0.39 is 11.2 Å². The fourth-order valence-electron chi connectivity index (χ4n) is 2.78. The van der Waals surface area contributed by atoms with Crippen LogP contribution < -0.4 is 10.6 Å². The minimum atomic E-state index is -1.12. The van der Waals surface area contributed by atoms with Gasteiger partial charge in [-0.25, -0.2) is 0 Å². The van der Waals surface area contributed by atoms with E-state index in [9.17, 15) is 10.2 Å². The third-order valence-electron chi connectivity index (χ3n) is 4.24. The number of aliphatic hydroxyl groups is 2. The summed E-state index contributed by atoms with van der Waals surface area (Å²) < 4.78 is 5.25. The third kappa shape index (κ3) is 5.96. The van der Waals surface area contributed by atoms with E-state index >= 15 is 0 Å². The molecule has 0 saturated heterocycles. The molecular weight excluding hydrogens is 409 g/mol. The first-order valence-electron chi connectivity index (χ1n) is 7.88. The molecular formula is C16H28IN3O3. The summed E-state index contributed by atoms with van der Waals surface area (Å²) in [4.78, 5) is 4.13. The summed E-state index contributed by atoms with van der Waals surface area (Å²) >= 11 is 0. The number of guanidine groups is 1. The number of nitrogens with one attached hydrogen (secondary N) is 2. The molecule has 0 amide bonds. The van der Waals surface area contributed by atoms with Gasteiger partial charge in [-0.2, -0.15) is 0 Å². The van der Waals surface area contributed by atoms with Gasteiger partial charge < -0.3 is 25.3 Å². The van der Waals surface area contributed by atoms with Crippen molar-refractivity contribution in [3.8, 4) is 0 Å². The maximum atomic E-state index is 10.5. The monoisotopic (exact) mass is 437 g/mol. The van der Waals surface area contributed by atoms with Gasteiger partial charge in [-0.1, -0.05) is 19.3 Å². The third-order valence-corrected chi connectivity index (χ3v) is 4.24. The number of hydrogen-bond acceptors (Lipinski definition) is 4. The summed E-state index contributed by atoms with van der Waals surface area (Å²) in [6.07, 6.45) is 6.51. The van der Waals surface area contributed by atoms with E-state index in [0.717, 1.165) is 25.7 Å². The molecule has 7 heteroatoms. The lowest BCUT2D eigenvalue weighted by molar-refractivity contribution is 0.00833. The molecule has 1 heterocycles. The molecule has 1 atom stereocenters. The van der Waals surface area contributed by atoms with Gasteiger partial charge in [0.05, 0.1) is 18.4 Å². The van der Waals surface area contributed by atoms with Crippen LogP contribution in [0, 0.1) is 0 Å². The standard InChI is InChI=1S/C16H27N3O3.HI/c1-15(20,13-7-6-10-22-13)11-18-14(17-2)19-12-16(21)8-4-3-5-9-16;/h6-7,10,20-21H,3-5,8-9,11-12H2,1-2H3,(H2,17,18,19);1H. The van der Waals surface area contributed by atoms with Crippen LogP contribution in [0.1, 0.15) is 44.8 Å². The van der Waals surface area contributed by atoms with Crippen LogP contribution in [-0.2, 0) is 5.60 Å². The van der Waals surface area contributed by atoms with E-state index in [4.69, 9.17) is 4.42 Å². The molecule has 1 aromatic rings. The zero-order valence-electron chi connectivity index (χ0n) is 13.8. The summed E-state index contributed by atoms with van der Waals surface area (Å²) in [5.74, 6) is 1.06. The number of aliphatic imine (C=N–C) groups is 1. The lowest BCUT2D eigenvalue weighted by Crippen LogP contribution is -2.50. The van der Waals surface area contributed by atoms with Gasteiger partial charge in [-0.3, -0.25) is 4.99 Å². The molecule has 0 aromatic carbocycles. The average Bonchev–Trinajstić information content (AvgIpc) is 3.03. The van der Waals surface area contributed by atoms with E-state index in [1.165, 1.54) is 12.7 Å². The van der Waals surface area contributed by atoms with E-state index in [2.05, 4.69) is 15.6 Å². The predicted molar refractivity (Wildman–Crippen MR) is 101 cm³/mol. The highest BCUT2D eigenvalue weighted by atomic mass is 127. The highest BCUT2D eigenvalue weighted by Crippen LogP contribution is 2.27. The van der Waals surface area contributed by atoms with Gasteiger partial charge >= 0.3 is 0 Å². The van der Waals surface area contributed by atoms with Gasteiger partial charge in [-0.05, 0) is 31.9 Å². The van der Waals surface area contributed by atoms with Crippen LogP contribution in [0.25, 0.3) is 0 Å². The molecule has 132 valence electrons.